The molecule has 0 heterocycles. The average Bonchev–Trinajstić information content (AvgIpc) is 2.41. The highest BCUT2D eigenvalue weighted by Crippen LogP contribution is 2.24. The summed E-state index contributed by atoms with van der Waals surface area (Å²) in [5, 5.41) is 3.22. The minimum absolute atomic E-state index is 0.190. The summed E-state index contributed by atoms with van der Waals surface area (Å²) in [6, 6.07) is 12.9. The van der Waals surface area contributed by atoms with E-state index in [1.54, 1.807) is 12.1 Å². The molecule has 0 amide bonds. The van der Waals surface area contributed by atoms with Gasteiger partial charge < -0.3 is 10.1 Å². The molecule has 112 valence electrons. The Kier molecular flexibility index (Phi) is 6.14. The first-order chi connectivity index (χ1) is 10.0. The Hall–Kier alpha value is -0.980. The zero-order valence-electron chi connectivity index (χ0n) is 11.0. The number of hydrogen-bond donors (Lipinski definition) is 1. The monoisotopic (exact) mass is 419 g/mol. The van der Waals surface area contributed by atoms with Crippen LogP contribution in [0.1, 0.15) is 11.1 Å². The fourth-order valence-corrected chi connectivity index (χ4v) is 2.74. The Morgan fingerprint density at radius 3 is 2.48 bits per heavy atom. The molecule has 0 fully saturated rings. The van der Waals surface area contributed by atoms with Crippen LogP contribution in [0.2, 0.25) is 0 Å². The van der Waals surface area contributed by atoms with Crippen LogP contribution in [0.3, 0.4) is 0 Å². The molecule has 2 nitrogen and oxygen atoms in total. The first-order valence-corrected chi connectivity index (χ1v) is 7.81. The Balaban J connectivity index is 2.00. The minimum atomic E-state index is -2.82. The molecule has 0 aliphatic carbocycles. The molecule has 0 spiro atoms. The van der Waals surface area contributed by atoms with Gasteiger partial charge in [0.15, 0.2) is 0 Å². The molecule has 0 unspecified atom stereocenters. The van der Waals surface area contributed by atoms with E-state index in [2.05, 4.69) is 41.9 Å². The van der Waals surface area contributed by atoms with Gasteiger partial charge in [0.2, 0.25) is 0 Å². The lowest BCUT2D eigenvalue weighted by molar-refractivity contribution is -0.0505. The van der Waals surface area contributed by atoms with Crippen LogP contribution in [-0.2, 0) is 13.1 Å². The molecule has 1 N–H and O–H groups in total. The van der Waals surface area contributed by atoms with E-state index in [1.807, 2.05) is 24.3 Å². The summed E-state index contributed by atoms with van der Waals surface area (Å²) in [6.07, 6.45) is 0. The molecule has 2 aromatic carbocycles. The van der Waals surface area contributed by atoms with E-state index in [4.69, 9.17) is 0 Å². The third-order valence-electron chi connectivity index (χ3n) is 2.77. The normalized spacial score (nSPS) is 10.9. The van der Waals surface area contributed by atoms with E-state index in [9.17, 15) is 8.78 Å². The first-order valence-electron chi connectivity index (χ1n) is 6.23. The molecular weight excluding hydrogens is 408 g/mol. The van der Waals surface area contributed by atoms with Gasteiger partial charge in [-0.3, -0.25) is 0 Å². The van der Waals surface area contributed by atoms with Crippen molar-refractivity contribution in [3.63, 3.8) is 0 Å². The third kappa shape index (κ3) is 5.37. The van der Waals surface area contributed by atoms with Gasteiger partial charge in [0.25, 0.3) is 0 Å². The second-order valence-corrected chi connectivity index (χ2v) is 6.20. The maximum absolute atomic E-state index is 12.4. The van der Waals surface area contributed by atoms with Crippen molar-refractivity contribution in [1.82, 2.24) is 5.32 Å². The van der Waals surface area contributed by atoms with Gasteiger partial charge in [-0.15, -0.1) is 0 Å². The molecule has 0 bridgehead atoms. The molecule has 0 aliphatic rings. The summed E-state index contributed by atoms with van der Waals surface area (Å²) in [7, 11) is 0. The van der Waals surface area contributed by atoms with E-state index in [0.29, 0.717) is 18.7 Å². The van der Waals surface area contributed by atoms with Crippen LogP contribution in [-0.4, -0.2) is 6.61 Å². The lowest BCUT2D eigenvalue weighted by Gasteiger charge is -2.12. The smallest absolute Gasteiger partial charge is 0.387 e. The summed E-state index contributed by atoms with van der Waals surface area (Å²) in [4.78, 5) is 0. The van der Waals surface area contributed by atoms with Crippen LogP contribution < -0.4 is 10.1 Å². The van der Waals surface area contributed by atoms with Crippen molar-refractivity contribution in [3.8, 4) is 5.75 Å². The topological polar surface area (TPSA) is 21.3 Å². The summed E-state index contributed by atoms with van der Waals surface area (Å²) in [5.74, 6) is 0.190. The maximum Gasteiger partial charge on any atom is 0.387 e. The van der Waals surface area contributed by atoms with E-state index >= 15 is 0 Å². The highest BCUT2D eigenvalue weighted by molar-refractivity contribution is 9.10. The molecule has 21 heavy (non-hydrogen) atoms. The third-order valence-corrected chi connectivity index (χ3v) is 3.76. The summed E-state index contributed by atoms with van der Waals surface area (Å²) in [5.41, 5.74) is 1.79. The zero-order valence-corrected chi connectivity index (χ0v) is 14.1. The molecule has 2 aromatic rings. The Morgan fingerprint density at radius 2 is 1.76 bits per heavy atom. The summed E-state index contributed by atoms with van der Waals surface area (Å²) >= 11 is 6.74. The highest BCUT2D eigenvalue weighted by atomic mass is 79.9. The maximum atomic E-state index is 12.4. The lowest BCUT2D eigenvalue weighted by atomic mass is 10.2. The molecule has 0 atom stereocenters. The van der Waals surface area contributed by atoms with Gasteiger partial charge in [0, 0.05) is 27.6 Å². The van der Waals surface area contributed by atoms with Crippen molar-refractivity contribution in [2.24, 2.45) is 0 Å². The molecule has 6 heteroatoms. The Labute approximate surface area is 138 Å². The van der Waals surface area contributed by atoms with Gasteiger partial charge in [-0.2, -0.15) is 8.78 Å². The SMILES string of the molecule is FC(F)Oc1ccc(Br)cc1CNCc1cccc(Br)c1. The molecule has 2 rings (SSSR count). The average molecular weight is 421 g/mol. The Bertz CT molecular complexity index is 608. The second-order valence-electron chi connectivity index (χ2n) is 4.36. The van der Waals surface area contributed by atoms with Crippen molar-refractivity contribution < 1.29 is 13.5 Å². The van der Waals surface area contributed by atoms with Gasteiger partial charge in [0.1, 0.15) is 5.75 Å². The van der Waals surface area contributed by atoms with Crippen molar-refractivity contribution in [2.75, 3.05) is 0 Å². The van der Waals surface area contributed by atoms with Crippen molar-refractivity contribution in [2.45, 2.75) is 19.7 Å². The van der Waals surface area contributed by atoms with Crippen LogP contribution in [0, 0.1) is 0 Å². The number of benzene rings is 2. The molecule has 0 aliphatic heterocycles. The Morgan fingerprint density at radius 1 is 1.00 bits per heavy atom. The van der Waals surface area contributed by atoms with Crippen molar-refractivity contribution in [3.05, 3.63) is 62.5 Å². The highest BCUT2D eigenvalue weighted by Gasteiger charge is 2.10. The van der Waals surface area contributed by atoms with E-state index < -0.39 is 6.61 Å². The molecule has 0 aromatic heterocycles. The molecule has 0 saturated carbocycles. The van der Waals surface area contributed by atoms with E-state index in [0.717, 1.165) is 14.5 Å². The van der Waals surface area contributed by atoms with Crippen LogP contribution in [0.25, 0.3) is 0 Å². The molecular formula is C15H13Br2F2NO. The largest absolute Gasteiger partial charge is 0.434 e. The predicted molar refractivity (Wildman–Crippen MR) is 85.5 cm³/mol. The fraction of sp³-hybridized carbons (Fsp3) is 0.200. The number of alkyl halides is 2. The van der Waals surface area contributed by atoms with Gasteiger partial charge in [-0.25, -0.2) is 0 Å². The standard InChI is InChI=1S/C15H13Br2F2NO/c16-12-3-1-2-10(6-12)8-20-9-11-7-13(17)4-5-14(11)21-15(18)19/h1-7,15,20H,8-9H2. The van der Waals surface area contributed by atoms with E-state index in [-0.39, 0.29) is 5.75 Å². The van der Waals surface area contributed by atoms with E-state index in [1.165, 1.54) is 6.07 Å². The summed E-state index contributed by atoms with van der Waals surface area (Å²) in [6.45, 7) is -1.75. The summed E-state index contributed by atoms with van der Waals surface area (Å²) < 4.78 is 31.1. The molecule has 0 radical (unpaired) electrons. The molecule has 0 saturated heterocycles. The van der Waals surface area contributed by atoms with Gasteiger partial charge in [0.05, 0.1) is 0 Å². The number of hydrogen-bond acceptors (Lipinski definition) is 2. The number of halogens is 4. The zero-order chi connectivity index (χ0) is 15.2. The van der Waals surface area contributed by atoms with Gasteiger partial charge in [-0.1, -0.05) is 44.0 Å². The van der Waals surface area contributed by atoms with Gasteiger partial charge in [-0.05, 0) is 35.9 Å². The fourth-order valence-electron chi connectivity index (χ4n) is 1.89. The number of rotatable bonds is 6. The number of nitrogens with one attached hydrogen (secondary N) is 1. The van der Waals surface area contributed by atoms with Crippen LogP contribution >= 0.6 is 31.9 Å². The lowest BCUT2D eigenvalue weighted by Crippen LogP contribution is -2.14. The first kappa shape index (κ1) is 16.4. The van der Waals surface area contributed by atoms with Crippen molar-refractivity contribution >= 4 is 31.9 Å². The number of ether oxygens (including phenoxy) is 1. The van der Waals surface area contributed by atoms with Crippen LogP contribution in [0.4, 0.5) is 8.78 Å². The predicted octanol–water partition coefficient (Wildman–Crippen LogP) is 5.10. The van der Waals surface area contributed by atoms with Crippen LogP contribution in [0.5, 0.6) is 5.75 Å². The van der Waals surface area contributed by atoms with Crippen LogP contribution in [0.15, 0.2) is 51.4 Å². The van der Waals surface area contributed by atoms with Crippen molar-refractivity contribution in [1.29, 1.82) is 0 Å². The second kappa shape index (κ2) is 7.87. The minimum Gasteiger partial charge on any atom is -0.434 e. The van der Waals surface area contributed by atoms with Gasteiger partial charge >= 0.3 is 6.61 Å². The quantitative estimate of drug-likeness (QED) is 0.701.